The standard InChI is InChI=1S/C12H11BrFNO4/c13-8-2-1-6(3-9(8)14)11(17)15-5-7(16)4-10(15)12(18)19/h1-3,7,10,16H,4-5H2,(H,18,19). The van der Waals surface area contributed by atoms with Crippen LogP contribution < -0.4 is 0 Å². The van der Waals surface area contributed by atoms with Gasteiger partial charge in [0.2, 0.25) is 0 Å². The third-order valence-corrected chi connectivity index (χ3v) is 3.63. The summed E-state index contributed by atoms with van der Waals surface area (Å²) in [6, 6.07) is 2.74. The van der Waals surface area contributed by atoms with Gasteiger partial charge in [0.1, 0.15) is 11.9 Å². The lowest BCUT2D eigenvalue weighted by molar-refractivity contribution is -0.141. The van der Waals surface area contributed by atoms with Crippen LogP contribution in [0.1, 0.15) is 16.8 Å². The van der Waals surface area contributed by atoms with Crippen molar-refractivity contribution in [3.63, 3.8) is 0 Å². The number of rotatable bonds is 2. The fourth-order valence-electron chi connectivity index (χ4n) is 2.07. The summed E-state index contributed by atoms with van der Waals surface area (Å²) in [5, 5.41) is 18.5. The maximum absolute atomic E-state index is 13.4. The highest BCUT2D eigenvalue weighted by Crippen LogP contribution is 2.23. The predicted molar refractivity (Wildman–Crippen MR) is 67.2 cm³/mol. The molecule has 1 saturated heterocycles. The fraction of sp³-hybridized carbons (Fsp3) is 0.333. The molecule has 1 aromatic rings. The van der Waals surface area contributed by atoms with Gasteiger partial charge in [0.05, 0.1) is 10.6 Å². The van der Waals surface area contributed by atoms with E-state index >= 15 is 0 Å². The summed E-state index contributed by atoms with van der Waals surface area (Å²) in [6.45, 7) is -0.0620. The van der Waals surface area contributed by atoms with Gasteiger partial charge in [0, 0.05) is 18.5 Å². The molecule has 0 bridgehead atoms. The molecule has 1 heterocycles. The van der Waals surface area contributed by atoms with Crippen LogP contribution in [-0.2, 0) is 4.79 Å². The first kappa shape index (κ1) is 14.0. The lowest BCUT2D eigenvalue weighted by Crippen LogP contribution is -2.40. The summed E-state index contributed by atoms with van der Waals surface area (Å²) in [7, 11) is 0. The van der Waals surface area contributed by atoms with E-state index in [1.807, 2.05) is 0 Å². The van der Waals surface area contributed by atoms with Crippen LogP contribution in [0.4, 0.5) is 4.39 Å². The number of nitrogens with zero attached hydrogens (tertiary/aromatic N) is 1. The summed E-state index contributed by atoms with van der Waals surface area (Å²) in [5.74, 6) is -2.38. The minimum atomic E-state index is -1.18. The monoisotopic (exact) mass is 331 g/mol. The van der Waals surface area contributed by atoms with Crippen LogP contribution in [0.2, 0.25) is 0 Å². The maximum Gasteiger partial charge on any atom is 0.326 e. The van der Waals surface area contributed by atoms with E-state index in [-0.39, 0.29) is 23.0 Å². The van der Waals surface area contributed by atoms with E-state index in [2.05, 4.69) is 15.9 Å². The molecule has 0 aromatic heterocycles. The Morgan fingerprint density at radius 2 is 2.11 bits per heavy atom. The molecule has 1 aliphatic rings. The van der Waals surface area contributed by atoms with Gasteiger partial charge in [-0.1, -0.05) is 0 Å². The van der Waals surface area contributed by atoms with Crippen molar-refractivity contribution in [2.75, 3.05) is 6.54 Å². The molecular formula is C12H11BrFNO4. The van der Waals surface area contributed by atoms with Crippen LogP contribution in [0.3, 0.4) is 0 Å². The van der Waals surface area contributed by atoms with Gasteiger partial charge < -0.3 is 15.1 Å². The Morgan fingerprint density at radius 3 is 2.68 bits per heavy atom. The number of carboxylic acid groups (broad SMARTS) is 1. The second-order valence-electron chi connectivity index (χ2n) is 4.33. The van der Waals surface area contributed by atoms with E-state index in [1.165, 1.54) is 12.1 Å². The van der Waals surface area contributed by atoms with Gasteiger partial charge in [-0.05, 0) is 34.1 Å². The Bertz CT molecular complexity index is 536. The number of β-amino-alcohol motifs (C(OH)–C–C–N with tert-alkyl or cyclic N) is 1. The SMILES string of the molecule is O=C(O)C1CC(O)CN1C(=O)c1ccc(Br)c(F)c1. The molecule has 0 saturated carbocycles. The first-order valence-corrected chi connectivity index (χ1v) is 6.36. The molecule has 1 fully saturated rings. The third kappa shape index (κ3) is 2.76. The third-order valence-electron chi connectivity index (χ3n) is 2.99. The number of halogens is 2. The fourth-order valence-corrected chi connectivity index (χ4v) is 2.31. The van der Waals surface area contributed by atoms with Crippen LogP contribution in [0, 0.1) is 5.82 Å². The lowest BCUT2D eigenvalue weighted by Gasteiger charge is -2.21. The zero-order valence-electron chi connectivity index (χ0n) is 9.72. The van der Waals surface area contributed by atoms with Crippen molar-refractivity contribution in [3.05, 3.63) is 34.1 Å². The number of hydrogen-bond donors (Lipinski definition) is 2. The summed E-state index contributed by atoms with van der Waals surface area (Å²) in [5.41, 5.74) is 0.0565. The molecule has 2 atom stereocenters. The predicted octanol–water partition coefficient (Wildman–Crippen LogP) is 1.25. The van der Waals surface area contributed by atoms with Crippen molar-refractivity contribution >= 4 is 27.8 Å². The number of carbonyl (C=O) groups is 2. The summed E-state index contributed by atoms with van der Waals surface area (Å²) >= 11 is 2.97. The molecular weight excluding hydrogens is 321 g/mol. The lowest BCUT2D eigenvalue weighted by atomic mass is 10.1. The number of amides is 1. The Hall–Kier alpha value is -1.47. The quantitative estimate of drug-likeness (QED) is 0.854. The van der Waals surface area contributed by atoms with E-state index < -0.39 is 29.8 Å². The number of likely N-dealkylation sites (tertiary alicyclic amines) is 1. The second-order valence-corrected chi connectivity index (χ2v) is 5.18. The molecule has 2 rings (SSSR count). The highest BCUT2D eigenvalue weighted by Gasteiger charge is 2.39. The van der Waals surface area contributed by atoms with Crippen molar-refractivity contribution in [2.24, 2.45) is 0 Å². The van der Waals surface area contributed by atoms with Crippen molar-refractivity contribution in [2.45, 2.75) is 18.6 Å². The first-order chi connectivity index (χ1) is 8.90. The van der Waals surface area contributed by atoms with Gasteiger partial charge >= 0.3 is 5.97 Å². The number of aliphatic carboxylic acids is 1. The van der Waals surface area contributed by atoms with Gasteiger partial charge in [0.15, 0.2) is 0 Å². The van der Waals surface area contributed by atoms with E-state index in [0.29, 0.717) is 0 Å². The largest absolute Gasteiger partial charge is 0.480 e. The van der Waals surface area contributed by atoms with E-state index in [1.54, 1.807) is 0 Å². The molecule has 2 N–H and O–H groups in total. The normalized spacial score (nSPS) is 22.6. The molecule has 1 aliphatic heterocycles. The van der Waals surface area contributed by atoms with Crippen LogP contribution in [0.5, 0.6) is 0 Å². The zero-order chi connectivity index (χ0) is 14.2. The highest BCUT2D eigenvalue weighted by atomic mass is 79.9. The van der Waals surface area contributed by atoms with E-state index in [4.69, 9.17) is 5.11 Å². The number of carboxylic acids is 1. The van der Waals surface area contributed by atoms with Crippen molar-refractivity contribution in [1.29, 1.82) is 0 Å². The van der Waals surface area contributed by atoms with Crippen LogP contribution in [0.15, 0.2) is 22.7 Å². The topological polar surface area (TPSA) is 77.8 Å². The van der Waals surface area contributed by atoms with Crippen LogP contribution in [0.25, 0.3) is 0 Å². The Morgan fingerprint density at radius 1 is 1.42 bits per heavy atom. The summed E-state index contributed by atoms with van der Waals surface area (Å²) < 4.78 is 13.6. The van der Waals surface area contributed by atoms with Crippen molar-refractivity contribution in [3.8, 4) is 0 Å². The molecule has 102 valence electrons. The number of aliphatic hydroxyl groups is 1. The molecule has 0 aliphatic carbocycles. The number of carbonyl (C=O) groups excluding carboxylic acids is 1. The Balaban J connectivity index is 2.27. The van der Waals surface area contributed by atoms with Gasteiger partial charge in [-0.3, -0.25) is 4.79 Å². The van der Waals surface area contributed by atoms with Gasteiger partial charge in [-0.25, -0.2) is 9.18 Å². The molecule has 7 heteroatoms. The molecule has 1 amide bonds. The molecule has 0 spiro atoms. The molecule has 1 aromatic carbocycles. The van der Waals surface area contributed by atoms with Gasteiger partial charge in [-0.15, -0.1) is 0 Å². The first-order valence-electron chi connectivity index (χ1n) is 5.57. The van der Waals surface area contributed by atoms with E-state index in [9.17, 15) is 19.1 Å². The average molecular weight is 332 g/mol. The second kappa shape index (κ2) is 5.26. The number of aliphatic hydroxyl groups excluding tert-OH is 1. The maximum atomic E-state index is 13.4. The zero-order valence-corrected chi connectivity index (χ0v) is 11.3. The Kier molecular flexibility index (Phi) is 3.86. The smallest absolute Gasteiger partial charge is 0.326 e. The molecule has 2 unspecified atom stereocenters. The number of benzene rings is 1. The highest BCUT2D eigenvalue weighted by molar-refractivity contribution is 9.10. The minimum Gasteiger partial charge on any atom is -0.480 e. The Labute approximate surface area is 116 Å². The minimum absolute atomic E-state index is 0.0138. The average Bonchev–Trinajstić information content (AvgIpc) is 2.74. The van der Waals surface area contributed by atoms with Gasteiger partial charge in [-0.2, -0.15) is 0 Å². The van der Waals surface area contributed by atoms with Crippen molar-refractivity contribution < 1.29 is 24.2 Å². The molecule has 5 nitrogen and oxygen atoms in total. The number of hydrogen-bond acceptors (Lipinski definition) is 3. The van der Waals surface area contributed by atoms with Crippen LogP contribution in [-0.4, -0.2) is 45.7 Å². The summed E-state index contributed by atoms with van der Waals surface area (Å²) in [4.78, 5) is 24.2. The summed E-state index contributed by atoms with van der Waals surface area (Å²) in [6.07, 6.45) is -0.884. The van der Waals surface area contributed by atoms with Gasteiger partial charge in [0.25, 0.3) is 5.91 Å². The van der Waals surface area contributed by atoms with E-state index in [0.717, 1.165) is 11.0 Å². The van der Waals surface area contributed by atoms with Crippen molar-refractivity contribution in [1.82, 2.24) is 4.90 Å². The molecule has 19 heavy (non-hydrogen) atoms. The molecule has 0 radical (unpaired) electrons. The van der Waals surface area contributed by atoms with Crippen LogP contribution >= 0.6 is 15.9 Å².